The molecule has 9 heteroatoms. The number of para-hydroxylation sites is 1. The smallest absolute Gasteiger partial charge is 0.277 e. The molecule has 2 aromatic carbocycles. The van der Waals surface area contributed by atoms with E-state index < -0.39 is 0 Å². The first-order valence-electron chi connectivity index (χ1n) is 11.7. The Morgan fingerprint density at radius 3 is 2.31 bits per heavy atom. The predicted molar refractivity (Wildman–Crippen MR) is 137 cm³/mol. The fraction of sp³-hybridized carbons (Fsp3) is 0.385. The van der Waals surface area contributed by atoms with E-state index in [1.54, 1.807) is 0 Å². The number of benzene rings is 2. The van der Waals surface area contributed by atoms with E-state index in [9.17, 15) is 9.59 Å². The van der Waals surface area contributed by atoms with Gasteiger partial charge in [0, 0.05) is 37.4 Å². The third-order valence-corrected chi connectivity index (χ3v) is 6.74. The fourth-order valence-corrected chi connectivity index (χ4v) is 4.50. The number of nitrogens with one attached hydrogen (secondary N) is 1. The Hall–Kier alpha value is -3.33. The van der Waals surface area contributed by atoms with Crippen molar-refractivity contribution in [1.29, 1.82) is 0 Å². The summed E-state index contributed by atoms with van der Waals surface area (Å²) in [7, 11) is 0. The van der Waals surface area contributed by atoms with E-state index in [2.05, 4.69) is 53.3 Å². The van der Waals surface area contributed by atoms with Crippen molar-refractivity contribution in [3.8, 4) is 0 Å². The van der Waals surface area contributed by atoms with Gasteiger partial charge in [-0.15, -0.1) is 10.2 Å². The first kappa shape index (κ1) is 24.8. The molecule has 1 aliphatic heterocycles. The van der Waals surface area contributed by atoms with Gasteiger partial charge in [-0.1, -0.05) is 62.9 Å². The minimum Gasteiger partial charge on any atom is -0.414 e. The molecule has 1 fully saturated rings. The molecule has 35 heavy (non-hydrogen) atoms. The number of carbonyl (C=O) groups is 2. The van der Waals surface area contributed by atoms with E-state index in [0.717, 1.165) is 13.1 Å². The van der Waals surface area contributed by atoms with Gasteiger partial charge in [0.1, 0.15) is 0 Å². The zero-order valence-electron chi connectivity index (χ0n) is 20.4. The summed E-state index contributed by atoms with van der Waals surface area (Å²) in [4.78, 5) is 29.2. The molecule has 2 amide bonds. The van der Waals surface area contributed by atoms with Crippen LogP contribution in [0.2, 0.25) is 0 Å². The summed E-state index contributed by atoms with van der Waals surface area (Å²) in [6, 6.07) is 17.8. The Morgan fingerprint density at radius 2 is 1.66 bits per heavy atom. The SMILES string of the molecule is CC(C)(C)c1ccc(C(=O)NCc2nnc(SCC(=O)N3CCN(c4ccccc4)CC3)o2)cc1. The maximum atomic E-state index is 12.6. The Balaban J connectivity index is 1.20. The average molecular weight is 494 g/mol. The number of thioether (sulfide) groups is 1. The van der Waals surface area contributed by atoms with Crippen LogP contribution in [0, 0.1) is 0 Å². The van der Waals surface area contributed by atoms with Gasteiger partial charge in [-0.05, 0) is 35.2 Å². The highest BCUT2D eigenvalue weighted by atomic mass is 32.2. The predicted octanol–water partition coefficient (Wildman–Crippen LogP) is 3.74. The lowest BCUT2D eigenvalue weighted by molar-refractivity contribution is -0.128. The first-order valence-corrected chi connectivity index (χ1v) is 12.7. The van der Waals surface area contributed by atoms with Gasteiger partial charge in [0.2, 0.25) is 11.8 Å². The molecule has 0 saturated carbocycles. The zero-order chi connectivity index (χ0) is 24.8. The standard InChI is InChI=1S/C26H31N5O3S/c1-26(2,3)20-11-9-19(10-12-20)24(33)27-17-22-28-29-25(34-22)35-18-23(32)31-15-13-30(14-16-31)21-7-5-4-6-8-21/h4-12H,13-18H2,1-3H3,(H,27,33). The van der Waals surface area contributed by atoms with E-state index in [0.29, 0.717) is 29.8 Å². The molecule has 1 N–H and O–H groups in total. The van der Waals surface area contributed by atoms with Crippen LogP contribution in [-0.4, -0.2) is 58.8 Å². The lowest BCUT2D eigenvalue weighted by Crippen LogP contribution is -2.49. The quantitative estimate of drug-likeness (QED) is 0.502. The maximum absolute atomic E-state index is 12.6. The summed E-state index contributed by atoms with van der Waals surface area (Å²) >= 11 is 1.22. The van der Waals surface area contributed by atoms with Crippen LogP contribution in [0.3, 0.4) is 0 Å². The largest absolute Gasteiger partial charge is 0.414 e. The number of hydrogen-bond acceptors (Lipinski definition) is 7. The summed E-state index contributed by atoms with van der Waals surface area (Å²) in [5.41, 5.74) is 2.96. The van der Waals surface area contributed by atoms with Crippen molar-refractivity contribution in [2.75, 3.05) is 36.8 Å². The molecular formula is C26H31N5O3S. The van der Waals surface area contributed by atoms with Crippen molar-refractivity contribution in [3.63, 3.8) is 0 Å². The third kappa shape index (κ3) is 6.63. The van der Waals surface area contributed by atoms with Gasteiger partial charge in [-0.25, -0.2) is 0 Å². The van der Waals surface area contributed by atoms with Crippen LogP contribution < -0.4 is 10.2 Å². The average Bonchev–Trinajstić information content (AvgIpc) is 3.34. The molecule has 0 unspecified atom stereocenters. The second-order valence-electron chi connectivity index (χ2n) is 9.46. The molecule has 2 heterocycles. The zero-order valence-corrected chi connectivity index (χ0v) is 21.2. The van der Waals surface area contributed by atoms with Crippen LogP contribution in [0.25, 0.3) is 0 Å². The summed E-state index contributed by atoms with van der Waals surface area (Å²) in [5.74, 6) is 0.382. The monoisotopic (exact) mass is 493 g/mol. The van der Waals surface area contributed by atoms with E-state index in [1.165, 1.54) is 23.0 Å². The summed E-state index contributed by atoms with van der Waals surface area (Å²) in [6.07, 6.45) is 0. The minimum atomic E-state index is -0.206. The number of hydrogen-bond donors (Lipinski definition) is 1. The number of aromatic nitrogens is 2. The summed E-state index contributed by atoms with van der Waals surface area (Å²) < 4.78 is 5.59. The molecule has 0 aliphatic carbocycles. The van der Waals surface area contributed by atoms with Crippen LogP contribution in [0.1, 0.15) is 42.6 Å². The Kier molecular flexibility index (Phi) is 7.75. The van der Waals surface area contributed by atoms with Gasteiger partial charge >= 0.3 is 0 Å². The highest BCUT2D eigenvalue weighted by Crippen LogP contribution is 2.22. The second-order valence-corrected chi connectivity index (χ2v) is 10.4. The third-order valence-electron chi connectivity index (χ3n) is 5.93. The molecule has 8 nitrogen and oxygen atoms in total. The molecule has 1 saturated heterocycles. The van der Waals surface area contributed by atoms with Gasteiger partial charge in [0.25, 0.3) is 11.1 Å². The van der Waals surface area contributed by atoms with E-state index in [1.807, 2.05) is 47.4 Å². The normalized spacial score (nSPS) is 14.1. The van der Waals surface area contributed by atoms with Crippen LogP contribution in [-0.2, 0) is 16.8 Å². The van der Waals surface area contributed by atoms with Crippen LogP contribution >= 0.6 is 11.8 Å². The summed E-state index contributed by atoms with van der Waals surface area (Å²) in [5, 5.41) is 11.1. The van der Waals surface area contributed by atoms with E-state index in [-0.39, 0.29) is 29.5 Å². The van der Waals surface area contributed by atoms with Crippen molar-refractivity contribution < 1.29 is 14.0 Å². The molecule has 4 rings (SSSR count). The maximum Gasteiger partial charge on any atom is 0.277 e. The van der Waals surface area contributed by atoms with Crippen molar-refractivity contribution in [1.82, 2.24) is 20.4 Å². The molecule has 1 aromatic heterocycles. The highest BCUT2D eigenvalue weighted by molar-refractivity contribution is 7.99. The van der Waals surface area contributed by atoms with Gasteiger partial charge in [-0.2, -0.15) is 0 Å². The number of piperazine rings is 1. The van der Waals surface area contributed by atoms with Gasteiger partial charge in [0.05, 0.1) is 12.3 Å². The summed E-state index contributed by atoms with van der Waals surface area (Å²) in [6.45, 7) is 9.51. The Morgan fingerprint density at radius 1 is 0.971 bits per heavy atom. The lowest BCUT2D eigenvalue weighted by Gasteiger charge is -2.36. The lowest BCUT2D eigenvalue weighted by atomic mass is 9.87. The Bertz CT molecular complexity index is 1130. The molecule has 184 valence electrons. The van der Waals surface area contributed by atoms with Gasteiger partial charge in [-0.3, -0.25) is 9.59 Å². The number of rotatable bonds is 7. The Labute approximate surface area is 210 Å². The van der Waals surface area contributed by atoms with Crippen molar-refractivity contribution in [2.24, 2.45) is 0 Å². The second kappa shape index (κ2) is 10.9. The molecule has 0 radical (unpaired) electrons. The van der Waals surface area contributed by atoms with E-state index in [4.69, 9.17) is 4.42 Å². The van der Waals surface area contributed by atoms with Crippen LogP contribution in [0.5, 0.6) is 0 Å². The van der Waals surface area contributed by atoms with Gasteiger partial charge in [0.15, 0.2) is 0 Å². The van der Waals surface area contributed by atoms with Crippen molar-refractivity contribution in [2.45, 2.75) is 38.0 Å². The van der Waals surface area contributed by atoms with Crippen molar-refractivity contribution in [3.05, 3.63) is 71.6 Å². The highest BCUT2D eigenvalue weighted by Gasteiger charge is 2.22. The number of amides is 2. The molecule has 0 spiro atoms. The molecular weight excluding hydrogens is 462 g/mol. The number of nitrogens with zero attached hydrogens (tertiary/aromatic N) is 4. The molecule has 3 aromatic rings. The van der Waals surface area contributed by atoms with Crippen LogP contribution in [0.15, 0.2) is 64.2 Å². The van der Waals surface area contributed by atoms with Gasteiger partial charge < -0.3 is 19.5 Å². The number of carbonyl (C=O) groups excluding carboxylic acids is 2. The molecule has 0 atom stereocenters. The van der Waals surface area contributed by atoms with Crippen molar-refractivity contribution >= 4 is 29.3 Å². The fourth-order valence-electron chi connectivity index (χ4n) is 3.82. The number of anilines is 1. The van der Waals surface area contributed by atoms with Crippen LogP contribution in [0.4, 0.5) is 5.69 Å². The minimum absolute atomic E-state index is 0.0325. The van der Waals surface area contributed by atoms with E-state index >= 15 is 0 Å². The molecule has 0 bridgehead atoms. The first-order chi connectivity index (χ1) is 16.8. The topological polar surface area (TPSA) is 91.6 Å². The molecule has 1 aliphatic rings.